The zero-order valence-corrected chi connectivity index (χ0v) is 21.6. The molecule has 1 aliphatic carbocycles. The fourth-order valence-corrected chi connectivity index (χ4v) is 5.13. The van der Waals surface area contributed by atoms with Crippen molar-refractivity contribution in [1.82, 2.24) is 30.0 Å². The van der Waals surface area contributed by atoms with Gasteiger partial charge >= 0.3 is 0 Å². The number of benzene rings is 2. The van der Waals surface area contributed by atoms with E-state index < -0.39 is 0 Å². The first-order valence-electron chi connectivity index (χ1n) is 12.0. The molecular formula is C26H22ClN7O3S. The van der Waals surface area contributed by atoms with E-state index in [1.165, 1.54) is 11.3 Å². The Morgan fingerprint density at radius 3 is 2.82 bits per heavy atom. The van der Waals surface area contributed by atoms with Gasteiger partial charge in [0.25, 0.3) is 5.91 Å². The molecule has 5 aromatic rings. The summed E-state index contributed by atoms with van der Waals surface area (Å²) in [5.41, 5.74) is 2.67. The maximum Gasteiger partial charge on any atom is 0.251 e. The summed E-state index contributed by atoms with van der Waals surface area (Å²) >= 11 is 7.99. The van der Waals surface area contributed by atoms with Crippen LogP contribution in [0.15, 0.2) is 61.1 Å². The lowest BCUT2D eigenvalue weighted by Gasteiger charge is -2.11. The minimum Gasteiger partial charge on any atom is -0.492 e. The Morgan fingerprint density at radius 2 is 2.03 bits per heavy atom. The van der Waals surface area contributed by atoms with Crippen molar-refractivity contribution in [2.75, 3.05) is 18.5 Å². The molecule has 0 bridgehead atoms. The molecule has 3 aromatic heterocycles. The van der Waals surface area contributed by atoms with Gasteiger partial charge in [-0.25, -0.2) is 9.97 Å². The van der Waals surface area contributed by atoms with Crippen LogP contribution in [0.2, 0.25) is 5.02 Å². The number of ether oxygens (including phenoxy) is 1. The van der Waals surface area contributed by atoms with Crippen LogP contribution in [0.4, 0.5) is 5.13 Å². The molecule has 6 rings (SSSR count). The van der Waals surface area contributed by atoms with E-state index in [2.05, 4.69) is 30.8 Å². The third kappa shape index (κ3) is 4.98. The molecule has 0 spiro atoms. The van der Waals surface area contributed by atoms with Crippen LogP contribution < -0.4 is 15.4 Å². The summed E-state index contributed by atoms with van der Waals surface area (Å²) < 4.78 is 8.40. The molecule has 2 aromatic carbocycles. The van der Waals surface area contributed by atoms with E-state index in [0.29, 0.717) is 46.1 Å². The van der Waals surface area contributed by atoms with E-state index in [-0.39, 0.29) is 17.7 Å². The fourth-order valence-electron chi connectivity index (χ4n) is 3.96. The highest BCUT2D eigenvalue weighted by atomic mass is 35.5. The second-order valence-corrected chi connectivity index (χ2v) is 10.2. The summed E-state index contributed by atoms with van der Waals surface area (Å²) in [6.45, 7) is 0.648. The highest BCUT2D eigenvalue weighted by molar-refractivity contribution is 7.22. The molecule has 1 fully saturated rings. The Hall–Kier alpha value is -4.22. The van der Waals surface area contributed by atoms with Crippen molar-refractivity contribution in [2.24, 2.45) is 5.92 Å². The highest BCUT2D eigenvalue weighted by Crippen LogP contribution is 2.36. The number of amides is 2. The minimum atomic E-state index is -0.151. The zero-order valence-electron chi connectivity index (χ0n) is 20.0. The third-order valence-electron chi connectivity index (χ3n) is 6.05. The Bertz CT molecular complexity index is 1620. The van der Waals surface area contributed by atoms with E-state index in [0.717, 1.165) is 28.8 Å². The Kier molecular flexibility index (Phi) is 6.52. The van der Waals surface area contributed by atoms with Crippen LogP contribution in [-0.2, 0) is 4.79 Å². The van der Waals surface area contributed by atoms with E-state index in [4.69, 9.17) is 16.3 Å². The molecule has 2 amide bonds. The highest BCUT2D eigenvalue weighted by Gasteiger charge is 2.30. The van der Waals surface area contributed by atoms with E-state index >= 15 is 0 Å². The first-order valence-corrected chi connectivity index (χ1v) is 13.2. The third-order valence-corrected chi connectivity index (χ3v) is 7.33. The van der Waals surface area contributed by atoms with Gasteiger partial charge in [-0.3, -0.25) is 19.3 Å². The van der Waals surface area contributed by atoms with Crippen LogP contribution >= 0.6 is 22.9 Å². The number of thiazole rings is 1. The number of nitrogens with one attached hydrogen (secondary N) is 3. The monoisotopic (exact) mass is 547 g/mol. The van der Waals surface area contributed by atoms with Crippen molar-refractivity contribution in [3.63, 3.8) is 0 Å². The predicted octanol–water partition coefficient (Wildman–Crippen LogP) is 4.68. The number of imidazole rings is 1. The SMILES string of the molecule is O=C(NCCOc1ccc(-c2cncn2-c2n[nH]c3nc(NC(=O)C4CC4)sc23)c(Cl)c1)c1ccccc1. The molecule has 0 saturated heterocycles. The largest absolute Gasteiger partial charge is 0.492 e. The number of fused-ring (bicyclic) bond motifs is 1. The average molecular weight is 548 g/mol. The number of carbonyl (C=O) groups excluding carboxylic acids is 2. The predicted molar refractivity (Wildman–Crippen MR) is 145 cm³/mol. The lowest BCUT2D eigenvalue weighted by molar-refractivity contribution is -0.117. The zero-order chi connectivity index (χ0) is 26.1. The summed E-state index contributed by atoms with van der Waals surface area (Å²) in [5, 5.41) is 14.1. The van der Waals surface area contributed by atoms with Gasteiger partial charge in [-0.2, -0.15) is 5.10 Å². The molecule has 1 aliphatic rings. The van der Waals surface area contributed by atoms with Crippen LogP contribution in [0, 0.1) is 5.92 Å². The lowest BCUT2D eigenvalue weighted by Crippen LogP contribution is -2.28. The number of halogens is 1. The van der Waals surface area contributed by atoms with Crippen LogP contribution in [0.5, 0.6) is 5.75 Å². The number of aromatic amines is 1. The number of hydrogen-bond acceptors (Lipinski definition) is 7. The van der Waals surface area contributed by atoms with E-state index in [9.17, 15) is 9.59 Å². The van der Waals surface area contributed by atoms with Crippen molar-refractivity contribution in [2.45, 2.75) is 12.8 Å². The quantitative estimate of drug-likeness (QED) is 0.230. The second-order valence-electron chi connectivity index (χ2n) is 8.77. The lowest BCUT2D eigenvalue weighted by atomic mass is 10.1. The molecule has 0 unspecified atom stereocenters. The van der Waals surface area contributed by atoms with Gasteiger partial charge in [0.2, 0.25) is 5.91 Å². The van der Waals surface area contributed by atoms with Crippen molar-refractivity contribution in [3.8, 4) is 22.8 Å². The number of aromatic nitrogens is 5. The Morgan fingerprint density at radius 1 is 1.18 bits per heavy atom. The van der Waals surface area contributed by atoms with Gasteiger partial charge < -0.3 is 15.4 Å². The van der Waals surface area contributed by atoms with Crippen LogP contribution in [0.3, 0.4) is 0 Å². The molecule has 0 atom stereocenters. The maximum atomic E-state index is 12.1. The normalized spacial score (nSPS) is 13.0. The van der Waals surface area contributed by atoms with Gasteiger partial charge in [0, 0.05) is 17.0 Å². The number of hydrogen-bond donors (Lipinski definition) is 3. The van der Waals surface area contributed by atoms with Gasteiger partial charge in [0.1, 0.15) is 23.4 Å². The number of H-pyrrole nitrogens is 1. The van der Waals surface area contributed by atoms with Crippen molar-refractivity contribution < 1.29 is 14.3 Å². The minimum absolute atomic E-state index is 0.00639. The van der Waals surface area contributed by atoms with Crippen LogP contribution in [-0.4, -0.2) is 49.7 Å². The standard InChI is InChI=1S/C26H22ClN7O3S/c27-19-12-17(37-11-10-29-24(35)15-4-2-1-3-5-15)8-9-18(19)20-13-28-14-34(20)23-21-22(32-33-23)30-26(38-21)31-25(36)16-6-7-16/h1-5,8-9,12-14,16H,6-7,10-11H2,(H,29,35)(H2,30,31,32,33,36). The maximum absolute atomic E-state index is 12.1. The summed E-state index contributed by atoms with van der Waals surface area (Å²) in [5.74, 6) is 1.15. The van der Waals surface area contributed by atoms with Gasteiger partial charge in [-0.05, 0) is 43.2 Å². The van der Waals surface area contributed by atoms with Gasteiger partial charge in [-0.1, -0.05) is 41.1 Å². The number of carbonyl (C=O) groups is 2. The van der Waals surface area contributed by atoms with Gasteiger partial charge in [-0.15, -0.1) is 0 Å². The molecule has 0 radical (unpaired) electrons. The van der Waals surface area contributed by atoms with Crippen molar-refractivity contribution in [1.29, 1.82) is 0 Å². The van der Waals surface area contributed by atoms with Crippen LogP contribution in [0.25, 0.3) is 27.4 Å². The fraction of sp³-hybridized carbons (Fsp3) is 0.192. The average Bonchev–Trinajstić information content (AvgIpc) is 3.37. The molecule has 12 heteroatoms. The molecule has 0 aliphatic heterocycles. The Labute approximate surface area is 226 Å². The van der Waals surface area contributed by atoms with E-state index in [1.807, 2.05) is 34.9 Å². The topological polar surface area (TPSA) is 127 Å². The van der Waals surface area contributed by atoms with Crippen LogP contribution in [0.1, 0.15) is 23.2 Å². The van der Waals surface area contributed by atoms with Gasteiger partial charge in [0.15, 0.2) is 16.6 Å². The summed E-state index contributed by atoms with van der Waals surface area (Å²) in [6, 6.07) is 14.4. The number of anilines is 1. The molecule has 10 nitrogen and oxygen atoms in total. The smallest absolute Gasteiger partial charge is 0.251 e. The molecule has 192 valence electrons. The van der Waals surface area contributed by atoms with Crippen molar-refractivity contribution in [3.05, 3.63) is 71.6 Å². The van der Waals surface area contributed by atoms with Crippen molar-refractivity contribution >= 4 is 50.2 Å². The first kappa shape index (κ1) is 24.1. The molecule has 3 heterocycles. The molecule has 1 saturated carbocycles. The van der Waals surface area contributed by atoms with E-state index in [1.54, 1.807) is 30.7 Å². The molecule has 3 N–H and O–H groups in total. The molecule has 38 heavy (non-hydrogen) atoms. The number of nitrogens with zero attached hydrogens (tertiary/aromatic N) is 4. The first-order chi connectivity index (χ1) is 18.6. The summed E-state index contributed by atoms with van der Waals surface area (Å²) in [7, 11) is 0. The Balaban J connectivity index is 1.14. The summed E-state index contributed by atoms with van der Waals surface area (Å²) in [6.07, 6.45) is 5.22. The second kappa shape index (κ2) is 10.3. The molecular weight excluding hydrogens is 526 g/mol. The number of rotatable bonds is 9. The van der Waals surface area contributed by atoms with Gasteiger partial charge in [0.05, 0.1) is 23.5 Å². The summed E-state index contributed by atoms with van der Waals surface area (Å²) in [4.78, 5) is 33.0.